The van der Waals surface area contributed by atoms with E-state index in [1.165, 1.54) is 31.8 Å². The van der Waals surface area contributed by atoms with E-state index in [4.69, 9.17) is 22.1 Å². The van der Waals surface area contributed by atoms with Crippen molar-refractivity contribution in [3.63, 3.8) is 0 Å². The molecule has 2 rings (SSSR count). The standard InChI is InChI=1S/C14H14ClN5O5/c1-7-12(20(22)23)11(17-19(7)2)14(21)25-18-13(16)9-6-8(15)4-5-10(9)24-3/h4-6H,1-3H3,(H2,16,18). The maximum atomic E-state index is 12.1. The first-order valence-electron chi connectivity index (χ1n) is 6.83. The molecule has 1 heterocycles. The van der Waals surface area contributed by atoms with Crippen LogP contribution in [-0.4, -0.2) is 33.6 Å². The van der Waals surface area contributed by atoms with Gasteiger partial charge in [-0.1, -0.05) is 16.8 Å². The van der Waals surface area contributed by atoms with Gasteiger partial charge >= 0.3 is 11.7 Å². The average molecular weight is 368 g/mol. The molecular formula is C14H14ClN5O5. The largest absolute Gasteiger partial charge is 0.496 e. The third-order valence-electron chi connectivity index (χ3n) is 3.34. The Kier molecular flexibility index (Phi) is 5.22. The summed E-state index contributed by atoms with van der Waals surface area (Å²) in [7, 11) is 2.89. The highest BCUT2D eigenvalue weighted by molar-refractivity contribution is 6.31. The lowest BCUT2D eigenvalue weighted by molar-refractivity contribution is -0.385. The molecule has 0 saturated heterocycles. The second-order valence-corrected chi connectivity index (χ2v) is 5.30. The Morgan fingerprint density at radius 2 is 2.16 bits per heavy atom. The van der Waals surface area contributed by atoms with Gasteiger partial charge in [-0.05, 0) is 25.1 Å². The Morgan fingerprint density at radius 3 is 2.76 bits per heavy atom. The molecule has 0 bridgehead atoms. The molecule has 11 heteroatoms. The number of hydrogen-bond acceptors (Lipinski definition) is 7. The van der Waals surface area contributed by atoms with Crippen LogP contribution in [0.2, 0.25) is 5.02 Å². The van der Waals surface area contributed by atoms with E-state index in [2.05, 4.69) is 15.1 Å². The van der Waals surface area contributed by atoms with E-state index < -0.39 is 22.3 Å². The quantitative estimate of drug-likeness (QED) is 0.279. The first kappa shape index (κ1) is 18.2. The van der Waals surface area contributed by atoms with Crippen molar-refractivity contribution >= 4 is 29.1 Å². The molecule has 0 fully saturated rings. The monoisotopic (exact) mass is 367 g/mol. The van der Waals surface area contributed by atoms with Gasteiger partial charge in [0.2, 0.25) is 5.69 Å². The highest BCUT2D eigenvalue weighted by Gasteiger charge is 2.30. The number of rotatable bonds is 5. The fourth-order valence-electron chi connectivity index (χ4n) is 2.02. The summed E-state index contributed by atoms with van der Waals surface area (Å²) in [6.07, 6.45) is 0. The van der Waals surface area contributed by atoms with E-state index in [0.29, 0.717) is 16.3 Å². The number of methoxy groups -OCH3 is 1. The molecule has 10 nitrogen and oxygen atoms in total. The average Bonchev–Trinajstić information content (AvgIpc) is 2.87. The fraction of sp³-hybridized carbons (Fsp3) is 0.214. The Balaban J connectivity index is 2.31. The maximum Gasteiger partial charge on any atom is 0.393 e. The molecular weight excluding hydrogens is 354 g/mol. The van der Waals surface area contributed by atoms with Crippen LogP contribution in [0.3, 0.4) is 0 Å². The van der Waals surface area contributed by atoms with Crippen LogP contribution in [0.5, 0.6) is 5.75 Å². The van der Waals surface area contributed by atoms with Crippen molar-refractivity contribution in [2.75, 3.05) is 7.11 Å². The molecule has 0 unspecified atom stereocenters. The molecule has 25 heavy (non-hydrogen) atoms. The number of amidine groups is 1. The summed E-state index contributed by atoms with van der Waals surface area (Å²) in [5.74, 6) is -0.941. The van der Waals surface area contributed by atoms with Crippen LogP contribution in [0.1, 0.15) is 21.7 Å². The molecule has 132 valence electrons. The van der Waals surface area contributed by atoms with Crippen molar-refractivity contribution in [3.8, 4) is 5.75 Å². The molecule has 1 aromatic heterocycles. The number of carbonyl (C=O) groups is 1. The van der Waals surface area contributed by atoms with Crippen molar-refractivity contribution in [1.82, 2.24) is 9.78 Å². The molecule has 2 N–H and O–H groups in total. The number of nitrogens with zero attached hydrogens (tertiary/aromatic N) is 4. The van der Waals surface area contributed by atoms with Gasteiger partial charge in [-0.3, -0.25) is 14.8 Å². The number of halogens is 1. The van der Waals surface area contributed by atoms with E-state index in [1.54, 1.807) is 12.1 Å². The Hall–Kier alpha value is -3.14. The van der Waals surface area contributed by atoms with E-state index in [-0.39, 0.29) is 11.5 Å². The summed E-state index contributed by atoms with van der Waals surface area (Å²) < 4.78 is 6.31. The van der Waals surface area contributed by atoms with Crippen molar-refractivity contribution in [2.45, 2.75) is 6.92 Å². The van der Waals surface area contributed by atoms with Crippen LogP contribution in [0.15, 0.2) is 23.4 Å². The molecule has 0 aliphatic rings. The van der Waals surface area contributed by atoms with Gasteiger partial charge < -0.3 is 15.3 Å². The molecule has 0 saturated carbocycles. The molecule has 2 aromatic rings. The molecule has 0 amide bonds. The van der Waals surface area contributed by atoms with Crippen molar-refractivity contribution in [3.05, 3.63) is 50.3 Å². The fourth-order valence-corrected chi connectivity index (χ4v) is 2.19. The van der Waals surface area contributed by atoms with Crippen molar-refractivity contribution in [2.24, 2.45) is 17.9 Å². The maximum absolute atomic E-state index is 12.1. The van der Waals surface area contributed by atoms with Crippen molar-refractivity contribution in [1.29, 1.82) is 0 Å². The van der Waals surface area contributed by atoms with Gasteiger partial charge in [-0.25, -0.2) is 4.79 Å². The predicted octanol–water partition coefficient (Wildman–Crippen LogP) is 1.78. The van der Waals surface area contributed by atoms with Crippen LogP contribution in [0.25, 0.3) is 0 Å². The van der Waals surface area contributed by atoms with Gasteiger partial charge in [0.25, 0.3) is 0 Å². The highest BCUT2D eigenvalue weighted by Crippen LogP contribution is 2.24. The molecule has 0 aliphatic carbocycles. The second-order valence-electron chi connectivity index (χ2n) is 4.86. The summed E-state index contributed by atoms with van der Waals surface area (Å²) in [6.45, 7) is 1.45. The zero-order valence-corrected chi connectivity index (χ0v) is 14.3. The number of aromatic nitrogens is 2. The topological polar surface area (TPSA) is 135 Å². The Labute approximate surface area is 146 Å². The third-order valence-corrected chi connectivity index (χ3v) is 3.58. The Morgan fingerprint density at radius 1 is 1.48 bits per heavy atom. The number of nitrogens with two attached hydrogens (primary N) is 1. The van der Waals surface area contributed by atoms with Crippen LogP contribution >= 0.6 is 11.6 Å². The minimum atomic E-state index is -1.11. The lowest BCUT2D eigenvalue weighted by Gasteiger charge is -2.07. The first-order chi connectivity index (χ1) is 11.8. The van der Waals surface area contributed by atoms with Crippen LogP contribution in [-0.2, 0) is 11.9 Å². The summed E-state index contributed by atoms with van der Waals surface area (Å²) in [5.41, 5.74) is 5.34. The number of carbonyl (C=O) groups excluding carboxylic acids is 1. The van der Waals surface area contributed by atoms with Gasteiger partial charge in [-0.2, -0.15) is 5.10 Å². The smallest absolute Gasteiger partial charge is 0.393 e. The number of benzene rings is 1. The number of aryl methyl sites for hydroxylation is 1. The summed E-state index contributed by atoms with van der Waals surface area (Å²) in [6, 6.07) is 4.62. The van der Waals surface area contributed by atoms with Gasteiger partial charge in [0.15, 0.2) is 5.84 Å². The Bertz CT molecular complexity index is 877. The summed E-state index contributed by atoms with van der Waals surface area (Å²) in [4.78, 5) is 27.1. The normalized spacial score (nSPS) is 11.3. The van der Waals surface area contributed by atoms with Crippen LogP contribution < -0.4 is 10.5 Å². The first-order valence-corrected chi connectivity index (χ1v) is 7.20. The zero-order valence-electron chi connectivity index (χ0n) is 13.5. The van der Waals surface area contributed by atoms with Gasteiger partial charge in [0.05, 0.1) is 17.6 Å². The van der Waals surface area contributed by atoms with Gasteiger partial charge in [0, 0.05) is 12.1 Å². The molecule has 1 aromatic carbocycles. The van der Waals surface area contributed by atoms with Gasteiger partial charge in [0.1, 0.15) is 11.4 Å². The molecule has 0 aliphatic heterocycles. The predicted molar refractivity (Wildman–Crippen MR) is 88.7 cm³/mol. The lowest BCUT2D eigenvalue weighted by atomic mass is 10.2. The molecule has 0 atom stereocenters. The third kappa shape index (κ3) is 3.69. The zero-order chi connectivity index (χ0) is 18.7. The van der Waals surface area contributed by atoms with Crippen molar-refractivity contribution < 1.29 is 19.3 Å². The second kappa shape index (κ2) is 7.18. The number of ether oxygens (including phenoxy) is 1. The van der Waals surface area contributed by atoms with Gasteiger partial charge in [-0.15, -0.1) is 0 Å². The van der Waals surface area contributed by atoms with E-state index in [1.807, 2.05) is 0 Å². The molecule has 0 spiro atoms. The van der Waals surface area contributed by atoms with Crippen LogP contribution in [0, 0.1) is 17.0 Å². The molecule has 0 radical (unpaired) electrons. The van der Waals surface area contributed by atoms with E-state index in [0.717, 1.165) is 0 Å². The minimum Gasteiger partial charge on any atom is -0.496 e. The highest BCUT2D eigenvalue weighted by atomic mass is 35.5. The number of nitro groups is 1. The lowest BCUT2D eigenvalue weighted by Crippen LogP contribution is -2.17. The SMILES string of the molecule is COc1ccc(Cl)cc1/C(N)=N/OC(=O)c1nn(C)c(C)c1[N+](=O)[O-]. The summed E-state index contributed by atoms with van der Waals surface area (Å²) >= 11 is 5.89. The van der Waals surface area contributed by atoms with E-state index in [9.17, 15) is 14.9 Å². The number of oxime groups is 1. The number of hydrogen-bond donors (Lipinski definition) is 1. The van der Waals surface area contributed by atoms with Crippen LogP contribution in [0.4, 0.5) is 5.69 Å². The van der Waals surface area contributed by atoms with E-state index >= 15 is 0 Å². The minimum absolute atomic E-state index is 0.192. The summed E-state index contributed by atoms with van der Waals surface area (Å²) in [5, 5.41) is 18.7.